The van der Waals surface area contributed by atoms with E-state index in [1.165, 1.54) is 11.3 Å². The molecule has 0 bridgehead atoms. The first-order valence-corrected chi connectivity index (χ1v) is 7.67. The minimum absolute atomic E-state index is 0.377. The van der Waals surface area contributed by atoms with E-state index in [0.717, 1.165) is 40.8 Å². The molecule has 5 heteroatoms. The van der Waals surface area contributed by atoms with E-state index < -0.39 is 0 Å². The maximum absolute atomic E-state index is 5.84. The second-order valence-corrected chi connectivity index (χ2v) is 6.66. The van der Waals surface area contributed by atoms with Crippen molar-refractivity contribution < 1.29 is 0 Å². The zero-order valence-corrected chi connectivity index (χ0v) is 12.5. The van der Waals surface area contributed by atoms with Crippen LogP contribution in [0.4, 0.5) is 11.8 Å². The Morgan fingerprint density at radius 1 is 1.47 bits per heavy atom. The van der Waals surface area contributed by atoms with Crippen LogP contribution >= 0.6 is 11.3 Å². The molecular formula is C14H20N4S. The van der Waals surface area contributed by atoms with Crippen molar-refractivity contribution in [2.24, 2.45) is 11.8 Å². The molecule has 1 aliphatic carbocycles. The number of nitrogens with two attached hydrogens (primary N) is 1. The van der Waals surface area contributed by atoms with Gasteiger partial charge in [0.25, 0.3) is 0 Å². The summed E-state index contributed by atoms with van der Waals surface area (Å²) in [6, 6.07) is 2.21. The maximum Gasteiger partial charge on any atom is 0.223 e. The third-order valence-corrected chi connectivity index (χ3v) is 5.11. The smallest absolute Gasteiger partial charge is 0.223 e. The van der Waals surface area contributed by atoms with E-state index in [0.29, 0.717) is 5.95 Å². The highest BCUT2D eigenvalue weighted by molar-refractivity contribution is 7.18. The standard InChI is InChI=1S/C14H20N4S/c1-4-10-6-11-12(16-14(15)17-13(11)19-10)18(3)7-9-5-8(9)2/h6,8-9H,4-5,7H2,1-3H3,(H2,15,16,17). The molecule has 1 fully saturated rings. The molecule has 19 heavy (non-hydrogen) atoms. The summed E-state index contributed by atoms with van der Waals surface area (Å²) in [6.45, 7) is 5.53. The third kappa shape index (κ3) is 2.39. The largest absolute Gasteiger partial charge is 0.368 e. The molecule has 0 radical (unpaired) electrons. The number of aromatic nitrogens is 2. The van der Waals surface area contributed by atoms with Crippen molar-refractivity contribution in [1.29, 1.82) is 0 Å². The highest BCUT2D eigenvalue weighted by Gasteiger charge is 2.33. The van der Waals surface area contributed by atoms with E-state index >= 15 is 0 Å². The van der Waals surface area contributed by atoms with Gasteiger partial charge >= 0.3 is 0 Å². The number of nitrogens with zero attached hydrogens (tertiary/aromatic N) is 3. The van der Waals surface area contributed by atoms with E-state index in [1.807, 2.05) is 0 Å². The lowest BCUT2D eigenvalue weighted by Gasteiger charge is -2.19. The molecule has 2 heterocycles. The first-order valence-electron chi connectivity index (χ1n) is 6.85. The van der Waals surface area contributed by atoms with Crippen LogP contribution in [0.5, 0.6) is 0 Å². The summed E-state index contributed by atoms with van der Waals surface area (Å²) in [4.78, 5) is 13.4. The first kappa shape index (κ1) is 12.7. The van der Waals surface area contributed by atoms with Crippen LogP contribution in [0.1, 0.15) is 25.1 Å². The molecule has 2 N–H and O–H groups in total. The fourth-order valence-corrected chi connectivity index (χ4v) is 3.50. The number of thiophene rings is 1. The first-order chi connectivity index (χ1) is 9.08. The lowest BCUT2D eigenvalue weighted by atomic mass is 10.2. The van der Waals surface area contributed by atoms with Crippen molar-refractivity contribution in [3.05, 3.63) is 10.9 Å². The van der Waals surface area contributed by atoms with Gasteiger partial charge in [0.1, 0.15) is 10.6 Å². The van der Waals surface area contributed by atoms with Gasteiger partial charge in [-0.2, -0.15) is 4.98 Å². The van der Waals surface area contributed by atoms with Gasteiger partial charge in [-0.05, 0) is 30.7 Å². The van der Waals surface area contributed by atoms with E-state index in [4.69, 9.17) is 5.73 Å². The van der Waals surface area contributed by atoms with Crippen LogP contribution in [0.15, 0.2) is 6.07 Å². The summed E-state index contributed by atoms with van der Waals surface area (Å²) in [5, 5.41) is 1.15. The fourth-order valence-electron chi connectivity index (χ4n) is 2.53. The number of anilines is 2. The number of nitrogen functional groups attached to an aromatic ring is 1. The topological polar surface area (TPSA) is 55.0 Å². The molecule has 0 aromatic carbocycles. The van der Waals surface area contributed by atoms with E-state index in [-0.39, 0.29) is 0 Å². The van der Waals surface area contributed by atoms with Crippen molar-refractivity contribution in [2.75, 3.05) is 24.2 Å². The van der Waals surface area contributed by atoms with Crippen LogP contribution < -0.4 is 10.6 Å². The van der Waals surface area contributed by atoms with Crippen molar-refractivity contribution in [2.45, 2.75) is 26.7 Å². The molecule has 0 spiro atoms. The molecule has 4 nitrogen and oxygen atoms in total. The van der Waals surface area contributed by atoms with Crippen molar-refractivity contribution in [3.8, 4) is 0 Å². The summed E-state index contributed by atoms with van der Waals surface area (Å²) in [5.74, 6) is 3.02. The van der Waals surface area contributed by atoms with Crippen LogP contribution in [0.3, 0.4) is 0 Å². The van der Waals surface area contributed by atoms with Gasteiger partial charge in [0.15, 0.2) is 0 Å². The Balaban J connectivity index is 1.98. The van der Waals surface area contributed by atoms with Gasteiger partial charge in [-0.25, -0.2) is 4.98 Å². The number of hydrogen-bond acceptors (Lipinski definition) is 5. The zero-order chi connectivity index (χ0) is 13.6. The molecule has 3 rings (SSSR count). The summed E-state index contributed by atoms with van der Waals surface area (Å²) in [5.41, 5.74) is 5.84. The lowest BCUT2D eigenvalue weighted by Crippen LogP contribution is -2.22. The van der Waals surface area contributed by atoms with Gasteiger partial charge in [-0.1, -0.05) is 13.8 Å². The Bertz CT molecular complexity index is 607. The van der Waals surface area contributed by atoms with Crippen LogP contribution in [0.25, 0.3) is 10.2 Å². The van der Waals surface area contributed by atoms with Crippen LogP contribution in [-0.4, -0.2) is 23.6 Å². The molecule has 0 aliphatic heterocycles. The van der Waals surface area contributed by atoms with Gasteiger partial charge in [0.2, 0.25) is 5.95 Å². The fraction of sp³-hybridized carbons (Fsp3) is 0.571. The Hall–Kier alpha value is -1.36. The molecule has 2 aromatic rings. The molecule has 0 saturated heterocycles. The van der Waals surface area contributed by atoms with Crippen LogP contribution in [-0.2, 0) is 6.42 Å². The van der Waals surface area contributed by atoms with E-state index in [2.05, 4.69) is 41.8 Å². The Morgan fingerprint density at radius 3 is 2.84 bits per heavy atom. The summed E-state index contributed by atoms with van der Waals surface area (Å²) >= 11 is 1.72. The molecule has 2 atom stereocenters. The summed E-state index contributed by atoms with van der Waals surface area (Å²) in [6.07, 6.45) is 2.36. The quantitative estimate of drug-likeness (QED) is 0.933. The minimum atomic E-state index is 0.377. The average Bonchev–Trinajstić information content (AvgIpc) is 2.90. The minimum Gasteiger partial charge on any atom is -0.368 e. The van der Waals surface area contributed by atoms with Crippen LogP contribution in [0.2, 0.25) is 0 Å². The van der Waals surface area contributed by atoms with Gasteiger partial charge in [0.05, 0.1) is 5.39 Å². The Morgan fingerprint density at radius 2 is 2.21 bits per heavy atom. The van der Waals surface area contributed by atoms with E-state index in [9.17, 15) is 0 Å². The lowest BCUT2D eigenvalue weighted by molar-refractivity contribution is 0.721. The van der Waals surface area contributed by atoms with Crippen LogP contribution in [0, 0.1) is 11.8 Å². The van der Waals surface area contributed by atoms with Crippen molar-refractivity contribution in [1.82, 2.24) is 9.97 Å². The Labute approximate surface area is 117 Å². The summed E-state index contributed by atoms with van der Waals surface area (Å²) < 4.78 is 0. The average molecular weight is 276 g/mol. The molecule has 102 valence electrons. The molecule has 2 aromatic heterocycles. The van der Waals surface area contributed by atoms with Crippen molar-refractivity contribution in [3.63, 3.8) is 0 Å². The second-order valence-electron chi connectivity index (χ2n) is 5.54. The number of aryl methyl sites for hydroxylation is 1. The molecule has 2 unspecified atom stereocenters. The van der Waals surface area contributed by atoms with Gasteiger partial charge < -0.3 is 10.6 Å². The van der Waals surface area contributed by atoms with Gasteiger partial charge in [-0.3, -0.25) is 0 Å². The molecular weight excluding hydrogens is 256 g/mol. The predicted molar refractivity (Wildman–Crippen MR) is 81.7 cm³/mol. The second kappa shape index (κ2) is 4.63. The molecule has 0 amide bonds. The molecule has 1 saturated carbocycles. The van der Waals surface area contributed by atoms with E-state index in [1.54, 1.807) is 11.3 Å². The molecule has 1 aliphatic rings. The highest BCUT2D eigenvalue weighted by Crippen LogP contribution is 2.39. The number of fused-ring (bicyclic) bond motifs is 1. The van der Waals surface area contributed by atoms with Gasteiger partial charge in [0, 0.05) is 18.5 Å². The Kier molecular flexibility index (Phi) is 3.09. The zero-order valence-electron chi connectivity index (χ0n) is 11.7. The number of rotatable bonds is 4. The number of hydrogen-bond donors (Lipinski definition) is 1. The van der Waals surface area contributed by atoms with Crippen molar-refractivity contribution >= 4 is 33.3 Å². The summed E-state index contributed by atoms with van der Waals surface area (Å²) in [7, 11) is 2.11. The third-order valence-electron chi connectivity index (χ3n) is 3.94. The SMILES string of the molecule is CCc1cc2c(N(C)CC3CC3C)nc(N)nc2s1. The normalized spacial score (nSPS) is 21.8. The predicted octanol–water partition coefficient (Wildman–Crippen LogP) is 2.93. The monoisotopic (exact) mass is 276 g/mol. The maximum atomic E-state index is 5.84. The highest BCUT2D eigenvalue weighted by atomic mass is 32.1. The van der Waals surface area contributed by atoms with Gasteiger partial charge in [-0.15, -0.1) is 11.3 Å².